The number of hydrogen-bond acceptors (Lipinski definition) is 4. The highest BCUT2D eigenvalue weighted by Gasteiger charge is 2.15. The van der Waals surface area contributed by atoms with Crippen molar-refractivity contribution in [2.24, 2.45) is 0 Å². The van der Waals surface area contributed by atoms with Gasteiger partial charge in [-0.2, -0.15) is 5.26 Å². The molecule has 33 heavy (non-hydrogen) atoms. The fourth-order valence-corrected chi connectivity index (χ4v) is 3.65. The number of ether oxygens (including phenoxy) is 2. The predicted octanol–water partition coefficient (Wildman–Crippen LogP) is 6.42. The van der Waals surface area contributed by atoms with Crippen molar-refractivity contribution < 1.29 is 18.7 Å². The van der Waals surface area contributed by atoms with Gasteiger partial charge in [0, 0.05) is 5.69 Å². The molecule has 1 amide bonds. The predicted molar refractivity (Wildman–Crippen MR) is 129 cm³/mol. The second-order valence-electron chi connectivity index (χ2n) is 7.17. The van der Waals surface area contributed by atoms with E-state index in [-0.39, 0.29) is 5.57 Å². The van der Waals surface area contributed by atoms with Crippen LogP contribution in [0, 0.1) is 24.1 Å². The molecule has 0 unspecified atom stereocenters. The molecule has 7 heteroatoms. The third-order valence-corrected chi connectivity index (χ3v) is 5.16. The molecule has 0 radical (unpaired) electrons. The summed E-state index contributed by atoms with van der Waals surface area (Å²) in [4.78, 5) is 12.5. The average Bonchev–Trinajstić information content (AvgIpc) is 2.78. The molecule has 3 aromatic carbocycles. The maximum absolute atomic E-state index is 13.1. The first-order valence-corrected chi connectivity index (χ1v) is 11.0. The normalized spacial score (nSPS) is 10.9. The summed E-state index contributed by atoms with van der Waals surface area (Å²) in [6.45, 7) is 4.65. The third kappa shape index (κ3) is 6.67. The number of carbonyl (C=O) groups excluding carboxylic acids is 1. The molecular formula is C26H22BrFN2O3. The Morgan fingerprint density at radius 2 is 1.91 bits per heavy atom. The Bertz CT molecular complexity index is 1220. The smallest absolute Gasteiger partial charge is 0.266 e. The second-order valence-corrected chi connectivity index (χ2v) is 8.03. The van der Waals surface area contributed by atoms with Crippen molar-refractivity contribution >= 4 is 33.6 Å². The Morgan fingerprint density at radius 3 is 2.58 bits per heavy atom. The van der Waals surface area contributed by atoms with Gasteiger partial charge in [-0.25, -0.2) is 4.39 Å². The van der Waals surface area contributed by atoms with E-state index in [1.54, 1.807) is 12.1 Å². The minimum absolute atomic E-state index is 0.109. The number of benzene rings is 3. The van der Waals surface area contributed by atoms with Crippen molar-refractivity contribution in [3.63, 3.8) is 0 Å². The first-order valence-electron chi connectivity index (χ1n) is 10.2. The Labute approximate surface area is 200 Å². The van der Waals surface area contributed by atoms with E-state index in [9.17, 15) is 14.4 Å². The number of amides is 1. The number of halogens is 2. The number of nitrogens with zero attached hydrogens (tertiary/aromatic N) is 1. The van der Waals surface area contributed by atoms with Crippen molar-refractivity contribution in [2.45, 2.75) is 20.5 Å². The first kappa shape index (κ1) is 24.0. The zero-order valence-electron chi connectivity index (χ0n) is 18.2. The molecule has 1 N–H and O–H groups in total. The highest BCUT2D eigenvalue weighted by Crippen LogP contribution is 2.38. The lowest BCUT2D eigenvalue weighted by Gasteiger charge is -2.15. The van der Waals surface area contributed by atoms with Gasteiger partial charge in [-0.05, 0) is 83.4 Å². The first-order chi connectivity index (χ1) is 15.9. The summed E-state index contributed by atoms with van der Waals surface area (Å²) in [5, 5.41) is 12.1. The van der Waals surface area contributed by atoms with Crippen molar-refractivity contribution in [3.05, 3.63) is 93.2 Å². The molecule has 3 rings (SSSR count). The van der Waals surface area contributed by atoms with Crippen LogP contribution in [-0.4, -0.2) is 12.5 Å². The minimum atomic E-state index is -0.599. The van der Waals surface area contributed by atoms with Gasteiger partial charge < -0.3 is 14.8 Å². The topological polar surface area (TPSA) is 71.3 Å². The van der Waals surface area contributed by atoms with Gasteiger partial charge in [-0.3, -0.25) is 4.79 Å². The second kappa shape index (κ2) is 11.3. The molecule has 5 nitrogen and oxygen atoms in total. The summed E-state index contributed by atoms with van der Waals surface area (Å²) in [7, 11) is 0. The number of nitriles is 1. The summed E-state index contributed by atoms with van der Waals surface area (Å²) in [5.74, 6) is 0.00631. The SMILES string of the molecule is CCOc1cc(/C=C(\C#N)C(=O)Nc2ccc(F)cc2)cc(Br)c1OCc1cccc(C)c1. The van der Waals surface area contributed by atoms with Crippen molar-refractivity contribution in [2.75, 3.05) is 11.9 Å². The van der Waals surface area contributed by atoms with E-state index in [1.165, 1.54) is 30.3 Å². The van der Waals surface area contributed by atoms with Crippen molar-refractivity contribution in [3.8, 4) is 17.6 Å². The van der Waals surface area contributed by atoms with E-state index >= 15 is 0 Å². The summed E-state index contributed by atoms with van der Waals surface area (Å²) in [6.07, 6.45) is 1.45. The lowest BCUT2D eigenvalue weighted by Crippen LogP contribution is -2.13. The van der Waals surface area contributed by atoms with Crippen LogP contribution in [0.5, 0.6) is 11.5 Å². The molecule has 0 aromatic heterocycles. The highest BCUT2D eigenvalue weighted by molar-refractivity contribution is 9.10. The third-order valence-electron chi connectivity index (χ3n) is 4.58. The maximum atomic E-state index is 13.1. The molecule has 0 aliphatic carbocycles. The van der Waals surface area contributed by atoms with Crippen molar-refractivity contribution in [1.82, 2.24) is 0 Å². The number of anilines is 1. The quantitative estimate of drug-likeness (QED) is 0.281. The summed E-state index contributed by atoms with van der Waals surface area (Å²) >= 11 is 3.51. The van der Waals surface area contributed by atoms with Crippen LogP contribution < -0.4 is 14.8 Å². The Hall–Kier alpha value is -3.63. The van der Waals surface area contributed by atoms with Gasteiger partial charge in [-0.15, -0.1) is 0 Å². The van der Waals surface area contributed by atoms with E-state index in [0.717, 1.165) is 11.1 Å². The Morgan fingerprint density at radius 1 is 1.15 bits per heavy atom. The summed E-state index contributed by atoms with van der Waals surface area (Å²) in [6, 6.07) is 18.7. The van der Waals surface area contributed by atoms with Gasteiger partial charge in [0.1, 0.15) is 24.1 Å². The van der Waals surface area contributed by atoms with E-state index < -0.39 is 11.7 Å². The lowest BCUT2D eigenvalue weighted by atomic mass is 10.1. The van der Waals surface area contributed by atoms with Crippen LogP contribution in [0.1, 0.15) is 23.6 Å². The van der Waals surface area contributed by atoms with Crippen LogP contribution in [-0.2, 0) is 11.4 Å². The number of carbonyl (C=O) groups is 1. The van der Waals surface area contributed by atoms with E-state index in [2.05, 4.69) is 21.2 Å². The molecule has 0 aliphatic rings. The zero-order valence-corrected chi connectivity index (χ0v) is 19.8. The summed E-state index contributed by atoms with van der Waals surface area (Å²) in [5.41, 5.74) is 3.03. The highest BCUT2D eigenvalue weighted by atomic mass is 79.9. The largest absolute Gasteiger partial charge is 0.490 e. The number of rotatable bonds is 8. The zero-order chi connectivity index (χ0) is 23.8. The van der Waals surface area contributed by atoms with E-state index in [0.29, 0.717) is 40.4 Å². The molecule has 0 bridgehead atoms. The monoisotopic (exact) mass is 508 g/mol. The van der Waals surface area contributed by atoms with E-state index in [4.69, 9.17) is 9.47 Å². The fourth-order valence-electron chi connectivity index (χ4n) is 3.08. The summed E-state index contributed by atoms with van der Waals surface area (Å²) < 4.78 is 25.5. The van der Waals surface area contributed by atoms with Crippen LogP contribution >= 0.6 is 15.9 Å². The van der Waals surface area contributed by atoms with Crippen LogP contribution in [0.25, 0.3) is 6.08 Å². The van der Waals surface area contributed by atoms with Crippen LogP contribution in [0.15, 0.2) is 70.7 Å². The fraction of sp³-hybridized carbons (Fsp3) is 0.154. The van der Waals surface area contributed by atoms with Gasteiger partial charge in [0.2, 0.25) is 0 Å². The average molecular weight is 509 g/mol. The standard InChI is InChI=1S/C26H22BrFN2O3/c1-3-32-24-14-19(12-20(15-29)26(31)30-22-9-7-21(28)8-10-22)13-23(27)25(24)33-16-18-6-4-5-17(2)11-18/h4-14H,3,16H2,1-2H3,(H,30,31)/b20-12+. The molecule has 0 fully saturated rings. The maximum Gasteiger partial charge on any atom is 0.266 e. The number of nitrogens with one attached hydrogen (secondary N) is 1. The lowest BCUT2D eigenvalue weighted by molar-refractivity contribution is -0.112. The van der Waals surface area contributed by atoms with Crippen LogP contribution in [0.4, 0.5) is 10.1 Å². The Kier molecular flexibility index (Phi) is 8.22. The van der Waals surface area contributed by atoms with Crippen molar-refractivity contribution in [1.29, 1.82) is 5.26 Å². The van der Waals surface area contributed by atoms with Crippen LogP contribution in [0.2, 0.25) is 0 Å². The number of hydrogen-bond donors (Lipinski definition) is 1. The molecule has 0 aliphatic heterocycles. The van der Waals surface area contributed by atoms with E-state index in [1.807, 2.05) is 44.2 Å². The number of aryl methyl sites for hydroxylation is 1. The van der Waals surface area contributed by atoms with Crippen LogP contribution in [0.3, 0.4) is 0 Å². The van der Waals surface area contributed by atoms with Gasteiger partial charge in [0.15, 0.2) is 11.5 Å². The molecule has 3 aromatic rings. The molecular weight excluding hydrogens is 487 g/mol. The minimum Gasteiger partial charge on any atom is -0.490 e. The molecule has 0 saturated carbocycles. The molecule has 168 valence electrons. The molecule has 0 spiro atoms. The Balaban J connectivity index is 1.84. The van der Waals surface area contributed by atoms with Gasteiger partial charge in [0.25, 0.3) is 5.91 Å². The van der Waals surface area contributed by atoms with Gasteiger partial charge in [0.05, 0.1) is 11.1 Å². The molecule has 0 saturated heterocycles. The van der Waals surface area contributed by atoms with Gasteiger partial charge >= 0.3 is 0 Å². The van der Waals surface area contributed by atoms with Gasteiger partial charge in [-0.1, -0.05) is 29.8 Å². The molecule has 0 atom stereocenters. The molecule has 0 heterocycles.